The van der Waals surface area contributed by atoms with Crippen molar-refractivity contribution in [3.8, 4) is 11.5 Å². The highest BCUT2D eigenvalue weighted by molar-refractivity contribution is 6.31. The predicted molar refractivity (Wildman–Crippen MR) is 62.4 cm³/mol. The van der Waals surface area contributed by atoms with Gasteiger partial charge in [0.25, 0.3) is 5.79 Å². The molecule has 0 unspecified atom stereocenters. The van der Waals surface area contributed by atoms with Crippen molar-refractivity contribution in [1.82, 2.24) is 0 Å². The molecule has 1 spiro atoms. The molecule has 4 heteroatoms. The first-order chi connectivity index (χ1) is 8.10. The minimum Gasteiger partial charge on any atom is -0.448 e. The van der Waals surface area contributed by atoms with Gasteiger partial charge in [0.2, 0.25) is 0 Å². The molecule has 1 heterocycles. The van der Waals surface area contributed by atoms with Gasteiger partial charge in [-0.05, 0) is 25.3 Å². The van der Waals surface area contributed by atoms with Crippen molar-refractivity contribution in [3.63, 3.8) is 0 Å². The molecule has 3 aliphatic rings. The molecule has 0 saturated heterocycles. The van der Waals surface area contributed by atoms with E-state index < -0.39 is 11.4 Å². The van der Waals surface area contributed by atoms with Crippen molar-refractivity contribution in [1.29, 1.82) is 0 Å². The Morgan fingerprint density at radius 1 is 1.06 bits per heavy atom. The van der Waals surface area contributed by atoms with Gasteiger partial charge < -0.3 is 14.6 Å². The Morgan fingerprint density at radius 2 is 1.71 bits per heavy atom. The van der Waals surface area contributed by atoms with Crippen LogP contribution >= 0.6 is 11.6 Å². The lowest BCUT2D eigenvalue weighted by Crippen LogP contribution is -2.45. The number of fused-ring (bicyclic) bond motifs is 1. The Balaban J connectivity index is 1.76. The third kappa shape index (κ3) is 1.33. The summed E-state index contributed by atoms with van der Waals surface area (Å²) in [4.78, 5) is 0. The molecule has 0 radical (unpaired) electrons. The molecule has 1 N–H and O–H groups in total. The third-order valence-electron chi connectivity index (χ3n) is 3.97. The summed E-state index contributed by atoms with van der Waals surface area (Å²) < 4.78 is 11.7. The number of hydrogen-bond acceptors (Lipinski definition) is 3. The van der Waals surface area contributed by atoms with Crippen LogP contribution in [-0.2, 0) is 5.60 Å². The van der Waals surface area contributed by atoms with E-state index >= 15 is 0 Å². The van der Waals surface area contributed by atoms with Crippen molar-refractivity contribution in [2.45, 2.75) is 43.5 Å². The van der Waals surface area contributed by atoms with E-state index in [2.05, 4.69) is 0 Å². The molecule has 0 atom stereocenters. The molecule has 2 fully saturated rings. The van der Waals surface area contributed by atoms with Gasteiger partial charge in [-0.1, -0.05) is 11.6 Å². The Morgan fingerprint density at radius 3 is 2.24 bits per heavy atom. The molecule has 4 rings (SSSR count). The van der Waals surface area contributed by atoms with Crippen LogP contribution in [0.5, 0.6) is 11.5 Å². The van der Waals surface area contributed by atoms with E-state index in [-0.39, 0.29) is 0 Å². The van der Waals surface area contributed by atoms with Gasteiger partial charge in [0.1, 0.15) is 0 Å². The van der Waals surface area contributed by atoms with Gasteiger partial charge in [0.15, 0.2) is 11.5 Å². The van der Waals surface area contributed by atoms with E-state index in [0.717, 1.165) is 43.4 Å². The predicted octanol–water partition coefficient (Wildman–Crippen LogP) is 2.97. The summed E-state index contributed by atoms with van der Waals surface area (Å²) in [5.74, 6) is 1.00. The molecule has 0 amide bonds. The van der Waals surface area contributed by atoms with Crippen LogP contribution in [-0.4, -0.2) is 10.9 Å². The lowest BCUT2D eigenvalue weighted by molar-refractivity contribution is -0.138. The van der Waals surface area contributed by atoms with Crippen LogP contribution in [0.25, 0.3) is 0 Å². The molecule has 1 aromatic rings. The minimum absolute atomic E-state index is 0.434. The maximum atomic E-state index is 10.1. The van der Waals surface area contributed by atoms with Gasteiger partial charge >= 0.3 is 0 Å². The van der Waals surface area contributed by atoms with Crippen molar-refractivity contribution in [2.75, 3.05) is 0 Å². The van der Waals surface area contributed by atoms with Gasteiger partial charge in [0.05, 0.1) is 10.6 Å². The van der Waals surface area contributed by atoms with Crippen molar-refractivity contribution in [3.05, 3.63) is 22.7 Å². The fourth-order valence-corrected chi connectivity index (χ4v) is 2.86. The van der Waals surface area contributed by atoms with Gasteiger partial charge in [-0.2, -0.15) is 0 Å². The Kier molecular flexibility index (Phi) is 1.71. The summed E-state index contributed by atoms with van der Waals surface area (Å²) in [7, 11) is 0. The normalized spacial score (nSPS) is 25.8. The van der Waals surface area contributed by atoms with E-state index in [1.165, 1.54) is 0 Å². The Hall–Kier alpha value is -0.930. The van der Waals surface area contributed by atoms with Gasteiger partial charge in [-0.25, -0.2) is 0 Å². The molecule has 1 aromatic carbocycles. The number of rotatable bonds is 1. The average Bonchev–Trinajstić information content (AvgIpc) is 2.86. The maximum Gasteiger partial charge on any atom is 0.251 e. The van der Waals surface area contributed by atoms with Crippen molar-refractivity contribution in [2.24, 2.45) is 0 Å². The van der Waals surface area contributed by atoms with Gasteiger partial charge in [-0.15, -0.1) is 0 Å². The summed E-state index contributed by atoms with van der Waals surface area (Å²) in [6.07, 6.45) is 4.55. The monoisotopic (exact) mass is 252 g/mol. The highest BCUT2D eigenvalue weighted by atomic mass is 35.5. The SMILES string of the molecule is OC1(c2cc3c(cc2Cl)OC2(CCC2)O3)CC1. The zero-order valence-corrected chi connectivity index (χ0v) is 10.1. The molecule has 90 valence electrons. The largest absolute Gasteiger partial charge is 0.448 e. The topological polar surface area (TPSA) is 38.7 Å². The fraction of sp³-hybridized carbons (Fsp3) is 0.538. The molecular formula is C13H13ClO3. The summed E-state index contributed by atoms with van der Waals surface area (Å²) in [6.45, 7) is 0. The first kappa shape index (κ1) is 10.0. The second-order valence-electron chi connectivity index (χ2n) is 5.28. The zero-order valence-electron chi connectivity index (χ0n) is 9.33. The van der Waals surface area contributed by atoms with Crippen LogP contribution in [0.15, 0.2) is 12.1 Å². The standard InChI is InChI=1S/C13H13ClO3/c14-9-7-11-10(6-8(9)12(15)4-5-12)16-13(17-11)2-1-3-13/h6-7,15H,1-5H2. The second-order valence-corrected chi connectivity index (χ2v) is 5.69. The number of halogens is 1. The highest BCUT2D eigenvalue weighted by Crippen LogP contribution is 2.54. The van der Waals surface area contributed by atoms with Gasteiger partial charge in [0, 0.05) is 24.5 Å². The molecular weight excluding hydrogens is 240 g/mol. The molecule has 1 aliphatic heterocycles. The number of benzene rings is 1. The lowest BCUT2D eigenvalue weighted by atomic mass is 9.91. The molecule has 0 bridgehead atoms. The number of aliphatic hydroxyl groups is 1. The zero-order chi connectivity index (χ0) is 11.7. The summed E-state index contributed by atoms with van der Waals surface area (Å²) >= 11 is 6.19. The van der Waals surface area contributed by atoms with E-state index in [4.69, 9.17) is 21.1 Å². The summed E-state index contributed by atoms with van der Waals surface area (Å²) in [5, 5.41) is 10.7. The smallest absolute Gasteiger partial charge is 0.251 e. The van der Waals surface area contributed by atoms with Crippen LogP contribution in [0.2, 0.25) is 5.02 Å². The maximum absolute atomic E-state index is 10.1. The second kappa shape index (κ2) is 2.90. The van der Waals surface area contributed by atoms with Gasteiger partial charge in [-0.3, -0.25) is 0 Å². The average molecular weight is 253 g/mol. The van der Waals surface area contributed by atoms with Crippen molar-refractivity contribution < 1.29 is 14.6 Å². The molecule has 2 aliphatic carbocycles. The van der Waals surface area contributed by atoms with E-state index in [1.54, 1.807) is 6.07 Å². The van der Waals surface area contributed by atoms with Crippen LogP contribution in [0, 0.1) is 0 Å². The first-order valence-electron chi connectivity index (χ1n) is 6.05. The van der Waals surface area contributed by atoms with Crippen LogP contribution in [0.1, 0.15) is 37.7 Å². The quantitative estimate of drug-likeness (QED) is 0.835. The van der Waals surface area contributed by atoms with E-state index in [1.807, 2.05) is 6.07 Å². The third-order valence-corrected chi connectivity index (χ3v) is 4.28. The Bertz CT molecular complexity index is 504. The van der Waals surface area contributed by atoms with Crippen molar-refractivity contribution >= 4 is 11.6 Å². The Labute approximate surface area is 104 Å². The summed E-state index contributed by atoms with van der Waals surface area (Å²) in [5.41, 5.74) is 0.0445. The fourth-order valence-electron chi connectivity index (χ4n) is 2.53. The molecule has 0 aromatic heterocycles. The van der Waals surface area contributed by atoms with Crippen LogP contribution < -0.4 is 9.47 Å². The molecule has 17 heavy (non-hydrogen) atoms. The molecule has 2 saturated carbocycles. The highest BCUT2D eigenvalue weighted by Gasteiger charge is 2.49. The molecule has 3 nitrogen and oxygen atoms in total. The van der Waals surface area contributed by atoms with Crippen LogP contribution in [0.3, 0.4) is 0 Å². The lowest BCUT2D eigenvalue weighted by Gasteiger charge is -2.35. The first-order valence-corrected chi connectivity index (χ1v) is 6.43. The summed E-state index contributed by atoms with van der Waals surface area (Å²) in [6, 6.07) is 3.62. The van der Waals surface area contributed by atoms with E-state index in [9.17, 15) is 5.11 Å². The number of ether oxygens (including phenoxy) is 2. The number of hydrogen-bond donors (Lipinski definition) is 1. The minimum atomic E-state index is -0.731. The van der Waals surface area contributed by atoms with Crippen LogP contribution in [0.4, 0.5) is 0 Å². The van der Waals surface area contributed by atoms with E-state index in [0.29, 0.717) is 10.8 Å².